The molecule has 1 aromatic carbocycles. The Morgan fingerprint density at radius 1 is 1.24 bits per heavy atom. The summed E-state index contributed by atoms with van der Waals surface area (Å²) in [5.41, 5.74) is 0. The van der Waals surface area contributed by atoms with Crippen LogP contribution in [-0.2, 0) is 0 Å². The van der Waals surface area contributed by atoms with Crippen LogP contribution in [0.25, 0.3) is 10.1 Å². The molecular weight excluding hydrogens is 327 g/mol. The number of halogens is 2. The summed E-state index contributed by atoms with van der Waals surface area (Å²) < 4.78 is 0.961. The first-order valence-electron chi connectivity index (χ1n) is 6.99. The zero-order valence-electron chi connectivity index (χ0n) is 11.7. The first kappa shape index (κ1) is 15.1. The van der Waals surface area contributed by atoms with Gasteiger partial charge in [0.15, 0.2) is 0 Å². The average Bonchev–Trinajstić information content (AvgIpc) is 2.83. The molecule has 0 saturated carbocycles. The molecule has 1 fully saturated rings. The molecule has 21 heavy (non-hydrogen) atoms. The molecule has 6 heteroatoms. The van der Waals surface area contributed by atoms with Crippen LogP contribution in [0.15, 0.2) is 18.2 Å². The third-order valence-electron chi connectivity index (χ3n) is 3.89. The van der Waals surface area contributed by atoms with Crippen molar-refractivity contribution >= 4 is 50.5 Å². The van der Waals surface area contributed by atoms with Crippen molar-refractivity contribution in [3.8, 4) is 0 Å². The van der Waals surface area contributed by atoms with Crippen molar-refractivity contribution in [2.24, 2.45) is 0 Å². The second kappa shape index (κ2) is 6.13. The number of carbonyl (C=O) groups excluding carboxylic acids is 1. The van der Waals surface area contributed by atoms with E-state index in [9.17, 15) is 4.79 Å². The highest BCUT2D eigenvalue weighted by atomic mass is 35.5. The number of amides is 1. The summed E-state index contributed by atoms with van der Waals surface area (Å²) in [4.78, 5) is 17.5. The van der Waals surface area contributed by atoms with Gasteiger partial charge in [-0.15, -0.1) is 11.3 Å². The van der Waals surface area contributed by atoms with Gasteiger partial charge < -0.3 is 9.80 Å². The molecule has 0 aliphatic carbocycles. The molecule has 3 nitrogen and oxygen atoms in total. The van der Waals surface area contributed by atoms with Gasteiger partial charge in [0.1, 0.15) is 4.88 Å². The van der Waals surface area contributed by atoms with Crippen LogP contribution < -0.4 is 0 Å². The Hall–Kier alpha value is -0.810. The van der Waals surface area contributed by atoms with E-state index < -0.39 is 0 Å². The first-order chi connectivity index (χ1) is 10.1. The zero-order chi connectivity index (χ0) is 15.0. The van der Waals surface area contributed by atoms with E-state index in [-0.39, 0.29) is 5.91 Å². The summed E-state index contributed by atoms with van der Waals surface area (Å²) >= 11 is 13.8. The van der Waals surface area contributed by atoms with E-state index in [1.807, 2.05) is 17.0 Å². The molecule has 0 bridgehead atoms. The minimum absolute atomic E-state index is 0.0353. The average molecular weight is 343 g/mol. The molecule has 1 aromatic heterocycles. The lowest BCUT2D eigenvalue weighted by molar-refractivity contribution is 0.0648. The number of hydrogen-bond donors (Lipinski definition) is 0. The van der Waals surface area contributed by atoms with Gasteiger partial charge in [-0.1, -0.05) is 36.2 Å². The standard InChI is InChI=1S/C15H16Cl2N2OS/c1-2-18-5-7-19(8-6-18)15(20)14-13(17)11-4-3-10(16)9-12(11)21-14/h3-4,9H,2,5-8H2,1H3. The normalized spacial score (nSPS) is 16.6. The second-order valence-corrected chi connectivity index (χ2v) is 6.98. The number of piperazine rings is 1. The molecule has 2 heterocycles. The number of rotatable bonds is 2. The minimum Gasteiger partial charge on any atom is -0.335 e. The van der Waals surface area contributed by atoms with Gasteiger partial charge >= 0.3 is 0 Å². The first-order valence-corrected chi connectivity index (χ1v) is 8.56. The number of likely N-dealkylation sites (N-methyl/N-ethyl adjacent to an activating group) is 1. The maximum atomic E-state index is 12.7. The van der Waals surface area contributed by atoms with E-state index in [1.165, 1.54) is 11.3 Å². The molecular formula is C15H16Cl2N2OS. The lowest BCUT2D eigenvalue weighted by Crippen LogP contribution is -2.48. The third-order valence-corrected chi connectivity index (χ3v) is 5.77. The van der Waals surface area contributed by atoms with Gasteiger partial charge in [0.2, 0.25) is 0 Å². The highest BCUT2D eigenvalue weighted by Gasteiger charge is 2.25. The van der Waals surface area contributed by atoms with Gasteiger partial charge in [-0.25, -0.2) is 0 Å². The van der Waals surface area contributed by atoms with Crippen LogP contribution in [0.3, 0.4) is 0 Å². The van der Waals surface area contributed by atoms with Gasteiger partial charge in [0.25, 0.3) is 5.91 Å². The van der Waals surface area contributed by atoms with Crippen LogP contribution in [0.2, 0.25) is 10.0 Å². The molecule has 1 aliphatic heterocycles. The maximum absolute atomic E-state index is 12.7. The molecule has 112 valence electrons. The van der Waals surface area contributed by atoms with E-state index in [4.69, 9.17) is 23.2 Å². The lowest BCUT2D eigenvalue weighted by atomic mass is 10.2. The Morgan fingerprint density at radius 3 is 2.62 bits per heavy atom. The predicted molar refractivity (Wildman–Crippen MR) is 89.9 cm³/mol. The minimum atomic E-state index is 0.0353. The van der Waals surface area contributed by atoms with Gasteiger partial charge in [-0.2, -0.15) is 0 Å². The Bertz CT molecular complexity index is 678. The number of carbonyl (C=O) groups is 1. The Labute approximate surface area is 138 Å². The van der Waals surface area contributed by atoms with Crippen LogP contribution in [0.1, 0.15) is 16.6 Å². The fraction of sp³-hybridized carbons (Fsp3) is 0.400. The summed E-state index contributed by atoms with van der Waals surface area (Å²) in [7, 11) is 0. The van der Waals surface area contributed by atoms with E-state index in [2.05, 4.69) is 11.8 Å². The van der Waals surface area contributed by atoms with Crippen LogP contribution >= 0.6 is 34.5 Å². The molecule has 0 atom stereocenters. The van der Waals surface area contributed by atoms with Crippen molar-refractivity contribution in [1.29, 1.82) is 0 Å². The van der Waals surface area contributed by atoms with Crippen LogP contribution in [0.5, 0.6) is 0 Å². The molecule has 1 amide bonds. The topological polar surface area (TPSA) is 23.6 Å². The van der Waals surface area contributed by atoms with E-state index >= 15 is 0 Å². The summed E-state index contributed by atoms with van der Waals surface area (Å²) in [5, 5.41) is 2.12. The molecule has 1 aliphatic rings. The van der Waals surface area contributed by atoms with Crippen LogP contribution in [0, 0.1) is 0 Å². The van der Waals surface area contributed by atoms with Gasteiger partial charge in [0.05, 0.1) is 5.02 Å². The van der Waals surface area contributed by atoms with E-state index in [0.717, 1.165) is 42.8 Å². The monoisotopic (exact) mass is 342 g/mol. The third kappa shape index (κ3) is 2.90. The van der Waals surface area contributed by atoms with Crippen molar-refractivity contribution in [2.45, 2.75) is 6.92 Å². The highest BCUT2D eigenvalue weighted by molar-refractivity contribution is 7.21. The highest BCUT2D eigenvalue weighted by Crippen LogP contribution is 2.37. The van der Waals surface area contributed by atoms with Crippen molar-refractivity contribution in [3.63, 3.8) is 0 Å². The molecule has 3 rings (SSSR count). The molecule has 0 unspecified atom stereocenters. The zero-order valence-corrected chi connectivity index (χ0v) is 14.1. The molecule has 2 aromatic rings. The van der Waals surface area contributed by atoms with Gasteiger partial charge in [-0.3, -0.25) is 4.79 Å². The smallest absolute Gasteiger partial charge is 0.265 e. The van der Waals surface area contributed by atoms with Crippen molar-refractivity contribution in [1.82, 2.24) is 9.80 Å². The largest absolute Gasteiger partial charge is 0.335 e. The molecule has 0 N–H and O–H groups in total. The number of fused-ring (bicyclic) bond motifs is 1. The quantitative estimate of drug-likeness (QED) is 0.823. The van der Waals surface area contributed by atoms with Gasteiger partial charge in [-0.05, 0) is 18.7 Å². The van der Waals surface area contributed by atoms with Crippen LogP contribution in [0.4, 0.5) is 0 Å². The Kier molecular flexibility index (Phi) is 4.41. The van der Waals surface area contributed by atoms with Gasteiger partial charge in [0, 0.05) is 41.3 Å². The fourth-order valence-corrected chi connectivity index (χ4v) is 4.34. The number of thiophene rings is 1. The van der Waals surface area contributed by atoms with Crippen molar-refractivity contribution < 1.29 is 4.79 Å². The summed E-state index contributed by atoms with van der Waals surface area (Å²) in [6.45, 7) is 6.55. The summed E-state index contributed by atoms with van der Waals surface area (Å²) in [6, 6.07) is 5.54. The maximum Gasteiger partial charge on any atom is 0.265 e. The second-order valence-electron chi connectivity index (χ2n) is 5.11. The SMILES string of the molecule is CCN1CCN(C(=O)c2sc3cc(Cl)ccc3c2Cl)CC1. The number of hydrogen-bond acceptors (Lipinski definition) is 3. The molecule has 1 saturated heterocycles. The van der Waals surface area contributed by atoms with Crippen molar-refractivity contribution in [2.75, 3.05) is 32.7 Å². The Morgan fingerprint density at radius 2 is 1.95 bits per heavy atom. The lowest BCUT2D eigenvalue weighted by Gasteiger charge is -2.33. The summed E-state index contributed by atoms with van der Waals surface area (Å²) in [6.07, 6.45) is 0. The predicted octanol–water partition coefficient (Wildman–Crippen LogP) is 3.99. The summed E-state index contributed by atoms with van der Waals surface area (Å²) in [5.74, 6) is 0.0353. The van der Waals surface area contributed by atoms with Crippen molar-refractivity contribution in [3.05, 3.63) is 33.1 Å². The Balaban J connectivity index is 1.86. The molecule has 0 radical (unpaired) electrons. The number of nitrogens with zero attached hydrogens (tertiary/aromatic N) is 2. The fourth-order valence-electron chi connectivity index (χ4n) is 2.59. The van der Waals surface area contributed by atoms with Crippen LogP contribution in [-0.4, -0.2) is 48.4 Å². The molecule has 0 spiro atoms. The number of benzene rings is 1. The van der Waals surface area contributed by atoms with E-state index in [0.29, 0.717) is 14.9 Å². The van der Waals surface area contributed by atoms with E-state index in [1.54, 1.807) is 6.07 Å².